The Hall–Kier alpha value is -2.22. The lowest BCUT2D eigenvalue weighted by molar-refractivity contribution is -0.133. The van der Waals surface area contributed by atoms with Crippen molar-refractivity contribution in [3.63, 3.8) is 0 Å². The quantitative estimate of drug-likeness (QED) is 0.671. The maximum atomic E-state index is 12.0. The third kappa shape index (κ3) is 3.91. The highest BCUT2D eigenvalue weighted by molar-refractivity contribution is 5.76. The Balaban J connectivity index is 1.93. The molecule has 0 saturated carbocycles. The summed E-state index contributed by atoms with van der Waals surface area (Å²) in [4.78, 5) is 17.4. The number of anilines is 1. The fourth-order valence-electron chi connectivity index (χ4n) is 2.78. The van der Waals surface area contributed by atoms with E-state index in [1.165, 1.54) is 0 Å². The Morgan fingerprint density at radius 1 is 1.55 bits per heavy atom. The van der Waals surface area contributed by atoms with E-state index < -0.39 is 0 Å². The predicted molar refractivity (Wildman–Crippen MR) is 86.8 cm³/mol. The number of para-hydroxylation sites is 1. The first kappa shape index (κ1) is 16.2. The van der Waals surface area contributed by atoms with Crippen LogP contribution in [-0.4, -0.2) is 30.5 Å². The molecule has 0 radical (unpaired) electrons. The van der Waals surface area contributed by atoms with E-state index in [9.17, 15) is 4.79 Å². The van der Waals surface area contributed by atoms with Crippen LogP contribution in [0.5, 0.6) is 5.75 Å². The Kier molecular flexibility index (Phi) is 5.65. The second-order valence-corrected chi connectivity index (χ2v) is 5.71. The highest BCUT2D eigenvalue weighted by Crippen LogP contribution is 2.34. The van der Waals surface area contributed by atoms with Gasteiger partial charge in [-0.1, -0.05) is 13.0 Å². The van der Waals surface area contributed by atoms with Crippen molar-refractivity contribution >= 4 is 17.3 Å². The molecule has 1 heterocycles. The van der Waals surface area contributed by atoms with E-state index in [0.29, 0.717) is 36.1 Å². The number of nitrogens with zero attached hydrogens (tertiary/aromatic N) is 2. The molecule has 1 aliphatic heterocycles. The average Bonchev–Trinajstić information content (AvgIpc) is 2.53. The molecule has 1 aliphatic rings. The van der Waals surface area contributed by atoms with E-state index in [2.05, 4.69) is 4.85 Å². The van der Waals surface area contributed by atoms with Gasteiger partial charge in [-0.15, -0.1) is 0 Å². The summed E-state index contributed by atoms with van der Waals surface area (Å²) in [7, 11) is 0. The normalized spacial score (nSPS) is 17.8. The van der Waals surface area contributed by atoms with Crippen LogP contribution in [0.25, 0.3) is 4.85 Å². The number of likely N-dealkylation sites (tertiary alicyclic amines) is 1. The first-order chi connectivity index (χ1) is 10.7. The van der Waals surface area contributed by atoms with Gasteiger partial charge in [-0.3, -0.25) is 4.79 Å². The molecule has 5 nitrogen and oxygen atoms in total. The minimum atomic E-state index is 0.234. The highest BCUT2D eigenvalue weighted by Gasteiger charge is 2.23. The van der Waals surface area contributed by atoms with Crippen molar-refractivity contribution in [3.8, 4) is 5.75 Å². The number of hydrogen-bond acceptors (Lipinski definition) is 3. The standard InChI is InChI=1S/C17H23N3O2/c1-3-6-16(21)20-10-5-7-13(11-20)12-22-15-9-4-8-14(18)17(15)19-2/h4,8-9,13H,3,5-7,10-12,18H2,1H3/t13-/m0/s1. The molecule has 2 N–H and O–H groups in total. The van der Waals surface area contributed by atoms with Crippen LogP contribution >= 0.6 is 0 Å². The maximum absolute atomic E-state index is 12.0. The molecule has 1 aromatic rings. The Morgan fingerprint density at radius 3 is 3.09 bits per heavy atom. The lowest BCUT2D eigenvalue weighted by Crippen LogP contribution is -2.41. The fourth-order valence-corrected chi connectivity index (χ4v) is 2.78. The van der Waals surface area contributed by atoms with Crippen LogP contribution in [0.3, 0.4) is 0 Å². The van der Waals surface area contributed by atoms with Gasteiger partial charge in [-0.2, -0.15) is 0 Å². The molecular formula is C17H23N3O2. The third-order valence-electron chi connectivity index (χ3n) is 3.95. The van der Waals surface area contributed by atoms with Crippen molar-refractivity contribution < 1.29 is 9.53 Å². The van der Waals surface area contributed by atoms with Gasteiger partial charge in [0.25, 0.3) is 0 Å². The van der Waals surface area contributed by atoms with Crippen LogP contribution in [0.15, 0.2) is 18.2 Å². The van der Waals surface area contributed by atoms with Gasteiger partial charge in [-0.05, 0) is 31.4 Å². The average molecular weight is 301 g/mol. The lowest BCUT2D eigenvalue weighted by Gasteiger charge is -2.32. The van der Waals surface area contributed by atoms with Crippen LogP contribution in [0.1, 0.15) is 32.6 Å². The van der Waals surface area contributed by atoms with Crippen molar-refractivity contribution in [3.05, 3.63) is 29.6 Å². The predicted octanol–water partition coefficient (Wildman–Crippen LogP) is 3.24. The molecule has 0 unspecified atom stereocenters. The number of hydrogen-bond donors (Lipinski definition) is 1. The second kappa shape index (κ2) is 7.69. The van der Waals surface area contributed by atoms with Crippen molar-refractivity contribution in [1.82, 2.24) is 4.90 Å². The summed E-state index contributed by atoms with van der Waals surface area (Å²) in [6, 6.07) is 5.26. The van der Waals surface area contributed by atoms with Crippen LogP contribution in [0.2, 0.25) is 0 Å². The van der Waals surface area contributed by atoms with Gasteiger partial charge in [0.2, 0.25) is 11.6 Å². The monoisotopic (exact) mass is 301 g/mol. The molecule has 0 aromatic heterocycles. The van der Waals surface area contributed by atoms with Crippen molar-refractivity contribution in [2.24, 2.45) is 5.92 Å². The first-order valence-electron chi connectivity index (χ1n) is 7.82. The number of piperidine rings is 1. The molecule has 22 heavy (non-hydrogen) atoms. The molecule has 2 rings (SSSR count). The molecule has 1 fully saturated rings. The number of rotatable bonds is 5. The Labute approximate surface area is 131 Å². The molecule has 1 aromatic carbocycles. The number of nitrogen functional groups attached to an aromatic ring is 1. The van der Waals surface area contributed by atoms with Gasteiger partial charge in [0.15, 0.2) is 0 Å². The van der Waals surface area contributed by atoms with E-state index in [1.807, 2.05) is 11.8 Å². The Morgan fingerprint density at radius 2 is 2.36 bits per heavy atom. The lowest BCUT2D eigenvalue weighted by atomic mass is 9.98. The zero-order valence-electron chi connectivity index (χ0n) is 13.0. The maximum Gasteiger partial charge on any atom is 0.250 e. The van der Waals surface area contributed by atoms with E-state index in [0.717, 1.165) is 32.4 Å². The van der Waals surface area contributed by atoms with Gasteiger partial charge < -0.3 is 15.4 Å². The highest BCUT2D eigenvalue weighted by atomic mass is 16.5. The van der Waals surface area contributed by atoms with E-state index in [-0.39, 0.29) is 5.91 Å². The van der Waals surface area contributed by atoms with Crippen molar-refractivity contribution in [2.75, 3.05) is 25.4 Å². The topological polar surface area (TPSA) is 59.9 Å². The van der Waals surface area contributed by atoms with Crippen LogP contribution in [0, 0.1) is 12.5 Å². The summed E-state index contributed by atoms with van der Waals surface area (Å²) in [5.41, 5.74) is 6.60. The zero-order chi connectivity index (χ0) is 15.9. The molecule has 0 aliphatic carbocycles. The molecule has 1 saturated heterocycles. The van der Waals surface area contributed by atoms with E-state index in [4.69, 9.17) is 17.0 Å². The van der Waals surface area contributed by atoms with Crippen LogP contribution < -0.4 is 10.5 Å². The largest absolute Gasteiger partial charge is 0.504 e. The molecule has 1 amide bonds. The van der Waals surface area contributed by atoms with Crippen molar-refractivity contribution in [2.45, 2.75) is 32.6 Å². The van der Waals surface area contributed by atoms with Gasteiger partial charge in [-0.25, -0.2) is 4.85 Å². The molecule has 118 valence electrons. The summed E-state index contributed by atoms with van der Waals surface area (Å²) in [6.07, 6.45) is 3.56. The molecule has 0 bridgehead atoms. The number of ether oxygens (including phenoxy) is 1. The number of amides is 1. The first-order valence-corrected chi connectivity index (χ1v) is 7.82. The minimum absolute atomic E-state index is 0.234. The van der Waals surface area contributed by atoms with Gasteiger partial charge >= 0.3 is 0 Å². The Bertz CT molecular complexity index is 566. The number of benzene rings is 1. The number of nitrogens with two attached hydrogens (primary N) is 1. The van der Waals surface area contributed by atoms with E-state index >= 15 is 0 Å². The third-order valence-corrected chi connectivity index (χ3v) is 3.95. The SMILES string of the molecule is [C-]#[N+]c1c(N)cccc1OC[C@H]1CCCN(C(=O)CCC)C1. The number of carbonyl (C=O) groups is 1. The smallest absolute Gasteiger partial charge is 0.250 e. The summed E-state index contributed by atoms with van der Waals surface area (Å²) in [6.45, 7) is 11.3. The summed E-state index contributed by atoms with van der Waals surface area (Å²) in [5.74, 6) is 1.08. The fraction of sp³-hybridized carbons (Fsp3) is 0.529. The molecular weight excluding hydrogens is 278 g/mol. The molecule has 5 heteroatoms. The minimum Gasteiger partial charge on any atom is -0.504 e. The zero-order valence-corrected chi connectivity index (χ0v) is 13.0. The van der Waals surface area contributed by atoms with Gasteiger partial charge in [0.05, 0.1) is 13.2 Å². The van der Waals surface area contributed by atoms with Crippen molar-refractivity contribution in [1.29, 1.82) is 0 Å². The van der Waals surface area contributed by atoms with Crippen LogP contribution in [-0.2, 0) is 4.79 Å². The molecule has 0 spiro atoms. The molecule has 1 atom stereocenters. The summed E-state index contributed by atoms with van der Waals surface area (Å²) >= 11 is 0. The van der Waals surface area contributed by atoms with Crippen LogP contribution in [0.4, 0.5) is 11.4 Å². The van der Waals surface area contributed by atoms with E-state index in [1.54, 1.807) is 18.2 Å². The number of carbonyl (C=O) groups excluding carboxylic acids is 1. The van der Waals surface area contributed by atoms with Gasteiger partial charge in [0, 0.05) is 31.1 Å². The van der Waals surface area contributed by atoms with Gasteiger partial charge in [0.1, 0.15) is 5.75 Å². The second-order valence-electron chi connectivity index (χ2n) is 5.71. The summed E-state index contributed by atoms with van der Waals surface area (Å²) in [5, 5.41) is 0. The summed E-state index contributed by atoms with van der Waals surface area (Å²) < 4.78 is 5.80.